The van der Waals surface area contributed by atoms with Crippen LogP contribution >= 0.6 is 0 Å². The molecule has 1 aromatic carbocycles. The molecule has 2 aromatic rings. The lowest BCUT2D eigenvalue weighted by molar-refractivity contribution is 0.824. The lowest BCUT2D eigenvalue weighted by Crippen LogP contribution is -2.23. The molecular formula is C18H27N5. The number of nitrogen functional groups attached to an aromatic ring is 1. The second-order valence-corrected chi connectivity index (χ2v) is 5.66. The van der Waals surface area contributed by atoms with E-state index in [1.54, 1.807) is 0 Å². The Labute approximate surface area is 138 Å². The minimum absolute atomic E-state index is 0.626. The standard InChI is InChI=1S/C18H27N5/c1-5-8-14-12-17(23(6-2)7-3)22-18(20-14)21-15-10-9-13(4)16(19)11-15/h9-12H,5-8,19H2,1-4H3,(H,20,21,22). The molecule has 0 amide bonds. The van der Waals surface area contributed by atoms with E-state index in [2.05, 4.69) is 47.0 Å². The number of hydrogen-bond donors (Lipinski definition) is 2. The van der Waals surface area contributed by atoms with Gasteiger partial charge in [0.2, 0.25) is 5.95 Å². The maximum Gasteiger partial charge on any atom is 0.229 e. The van der Waals surface area contributed by atoms with Gasteiger partial charge in [-0.15, -0.1) is 0 Å². The van der Waals surface area contributed by atoms with Crippen LogP contribution in [0.3, 0.4) is 0 Å². The zero-order valence-electron chi connectivity index (χ0n) is 14.6. The lowest BCUT2D eigenvalue weighted by atomic mass is 10.2. The van der Waals surface area contributed by atoms with Crippen LogP contribution in [0, 0.1) is 6.92 Å². The maximum absolute atomic E-state index is 5.98. The molecule has 0 bridgehead atoms. The predicted molar refractivity (Wildman–Crippen MR) is 98.5 cm³/mol. The van der Waals surface area contributed by atoms with Gasteiger partial charge >= 0.3 is 0 Å². The highest BCUT2D eigenvalue weighted by Gasteiger charge is 2.09. The zero-order chi connectivity index (χ0) is 16.8. The van der Waals surface area contributed by atoms with Crippen molar-refractivity contribution in [2.75, 3.05) is 29.0 Å². The van der Waals surface area contributed by atoms with Gasteiger partial charge in [-0.05, 0) is 44.9 Å². The van der Waals surface area contributed by atoms with Gasteiger partial charge in [-0.3, -0.25) is 0 Å². The van der Waals surface area contributed by atoms with Crippen LogP contribution in [0.4, 0.5) is 23.1 Å². The number of nitrogens with two attached hydrogens (primary N) is 1. The highest BCUT2D eigenvalue weighted by Crippen LogP contribution is 2.22. The zero-order valence-corrected chi connectivity index (χ0v) is 14.6. The SMILES string of the molecule is CCCc1cc(N(CC)CC)nc(Nc2ccc(C)c(N)c2)n1. The summed E-state index contributed by atoms with van der Waals surface area (Å²) < 4.78 is 0. The van der Waals surface area contributed by atoms with E-state index < -0.39 is 0 Å². The van der Waals surface area contributed by atoms with Gasteiger partial charge in [0.15, 0.2) is 0 Å². The Morgan fingerprint density at radius 2 is 1.83 bits per heavy atom. The molecule has 0 atom stereocenters. The second kappa shape index (κ2) is 7.81. The fraction of sp³-hybridized carbons (Fsp3) is 0.444. The first-order valence-corrected chi connectivity index (χ1v) is 8.33. The molecule has 0 saturated heterocycles. The summed E-state index contributed by atoms with van der Waals surface area (Å²) in [4.78, 5) is 11.5. The first kappa shape index (κ1) is 17.1. The molecule has 0 spiro atoms. The molecule has 0 radical (unpaired) electrons. The maximum atomic E-state index is 5.98. The van der Waals surface area contributed by atoms with Gasteiger partial charge in [-0.1, -0.05) is 19.4 Å². The third kappa shape index (κ3) is 4.34. The monoisotopic (exact) mass is 313 g/mol. The van der Waals surface area contributed by atoms with Crippen molar-refractivity contribution in [3.63, 3.8) is 0 Å². The van der Waals surface area contributed by atoms with Crippen molar-refractivity contribution >= 4 is 23.1 Å². The number of hydrogen-bond acceptors (Lipinski definition) is 5. The van der Waals surface area contributed by atoms with Crippen LogP contribution in [0.2, 0.25) is 0 Å². The van der Waals surface area contributed by atoms with Crippen molar-refractivity contribution in [3.05, 3.63) is 35.5 Å². The topological polar surface area (TPSA) is 67.1 Å². The van der Waals surface area contributed by atoms with Crippen LogP contribution in [0.25, 0.3) is 0 Å². The molecule has 1 aromatic heterocycles. The van der Waals surface area contributed by atoms with Gasteiger partial charge in [0.05, 0.1) is 0 Å². The molecule has 5 heteroatoms. The van der Waals surface area contributed by atoms with Crippen LogP contribution in [-0.2, 0) is 6.42 Å². The van der Waals surface area contributed by atoms with E-state index >= 15 is 0 Å². The molecule has 5 nitrogen and oxygen atoms in total. The second-order valence-electron chi connectivity index (χ2n) is 5.66. The Morgan fingerprint density at radius 1 is 1.09 bits per heavy atom. The summed E-state index contributed by atoms with van der Waals surface area (Å²) in [5.74, 6) is 1.59. The lowest BCUT2D eigenvalue weighted by Gasteiger charge is -2.21. The highest BCUT2D eigenvalue weighted by molar-refractivity contribution is 5.63. The van der Waals surface area contributed by atoms with Gasteiger partial charge in [0.1, 0.15) is 5.82 Å². The molecule has 2 rings (SSSR count). The van der Waals surface area contributed by atoms with Crippen LogP contribution in [0.15, 0.2) is 24.3 Å². The summed E-state index contributed by atoms with van der Waals surface area (Å²) in [6.07, 6.45) is 2.01. The quantitative estimate of drug-likeness (QED) is 0.759. The Bertz CT molecular complexity index is 650. The molecule has 1 heterocycles. The molecule has 0 fully saturated rings. The molecule has 0 saturated carbocycles. The van der Waals surface area contributed by atoms with Gasteiger partial charge in [0, 0.05) is 36.2 Å². The smallest absolute Gasteiger partial charge is 0.229 e. The van der Waals surface area contributed by atoms with E-state index in [1.165, 1.54) is 0 Å². The largest absolute Gasteiger partial charge is 0.398 e. The molecular weight excluding hydrogens is 286 g/mol. The van der Waals surface area contributed by atoms with Gasteiger partial charge in [-0.2, -0.15) is 4.98 Å². The van der Waals surface area contributed by atoms with Gasteiger partial charge in [0.25, 0.3) is 0 Å². The van der Waals surface area contributed by atoms with E-state index in [4.69, 9.17) is 5.73 Å². The third-order valence-corrected chi connectivity index (χ3v) is 3.89. The Kier molecular flexibility index (Phi) is 5.79. The minimum Gasteiger partial charge on any atom is -0.398 e. The van der Waals surface area contributed by atoms with E-state index in [-0.39, 0.29) is 0 Å². The summed E-state index contributed by atoms with van der Waals surface area (Å²) in [7, 11) is 0. The molecule has 0 unspecified atom stereocenters. The van der Waals surface area contributed by atoms with Crippen LogP contribution < -0.4 is 16.0 Å². The number of nitrogens with zero attached hydrogens (tertiary/aromatic N) is 3. The van der Waals surface area contributed by atoms with Crippen molar-refractivity contribution in [2.24, 2.45) is 0 Å². The first-order valence-electron chi connectivity index (χ1n) is 8.33. The average Bonchev–Trinajstić information content (AvgIpc) is 2.52. The molecule has 23 heavy (non-hydrogen) atoms. The van der Waals surface area contributed by atoms with E-state index in [1.807, 2.05) is 25.1 Å². The van der Waals surface area contributed by atoms with Crippen molar-refractivity contribution in [2.45, 2.75) is 40.5 Å². The van der Waals surface area contributed by atoms with Gasteiger partial charge < -0.3 is 16.0 Å². The summed E-state index contributed by atoms with van der Waals surface area (Å²) in [6, 6.07) is 8.00. The van der Waals surface area contributed by atoms with Crippen molar-refractivity contribution in [3.8, 4) is 0 Å². The van der Waals surface area contributed by atoms with E-state index in [9.17, 15) is 0 Å². The molecule has 0 aliphatic carbocycles. The number of benzene rings is 1. The Balaban J connectivity index is 2.33. The van der Waals surface area contributed by atoms with Crippen molar-refractivity contribution < 1.29 is 0 Å². The Hall–Kier alpha value is -2.30. The molecule has 124 valence electrons. The molecule has 3 N–H and O–H groups in total. The van der Waals surface area contributed by atoms with Gasteiger partial charge in [-0.25, -0.2) is 4.98 Å². The average molecular weight is 313 g/mol. The van der Waals surface area contributed by atoms with Crippen LogP contribution in [0.1, 0.15) is 38.4 Å². The minimum atomic E-state index is 0.626. The normalized spacial score (nSPS) is 10.6. The molecule has 0 aliphatic rings. The number of rotatable bonds is 7. The summed E-state index contributed by atoms with van der Waals surface area (Å²) in [6.45, 7) is 10.3. The Morgan fingerprint density at radius 3 is 2.43 bits per heavy atom. The predicted octanol–water partition coefficient (Wildman–Crippen LogP) is 3.91. The number of nitrogens with one attached hydrogen (secondary N) is 1. The van der Waals surface area contributed by atoms with E-state index in [0.29, 0.717) is 5.95 Å². The first-order chi connectivity index (χ1) is 11.1. The van der Waals surface area contributed by atoms with Crippen LogP contribution in [0.5, 0.6) is 0 Å². The van der Waals surface area contributed by atoms with Crippen LogP contribution in [-0.4, -0.2) is 23.1 Å². The van der Waals surface area contributed by atoms with Crippen molar-refractivity contribution in [1.29, 1.82) is 0 Å². The van der Waals surface area contributed by atoms with Crippen molar-refractivity contribution in [1.82, 2.24) is 9.97 Å². The fourth-order valence-corrected chi connectivity index (χ4v) is 2.48. The molecule has 0 aliphatic heterocycles. The number of aromatic nitrogens is 2. The number of anilines is 4. The highest BCUT2D eigenvalue weighted by atomic mass is 15.2. The summed E-state index contributed by atoms with van der Waals surface area (Å²) in [5.41, 5.74) is 9.79. The summed E-state index contributed by atoms with van der Waals surface area (Å²) >= 11 is 0. The third-order valence-electron chi connectivity index (χ3n) is 3.89. The van der Waals surface area contributed by atoms with E-state index in [0.717, 1.165) is 54.4 Å². The number of aryl methyl sites for hydroxylation is 2. The fourth-order valence-electron chi connectivity index (χ4n) is 2.48. The summed E-state index contributed by atoms with van der Waals surface area (Å²) in [5, 5.41) is 3.29.